The number of hydrogen-bond acceptors (Lipinski definition) is 4. The Hall–Kier alpha value is -3.72. The van der Waals surface area contributed by atoms with Gasteiger partial charge in [0.15, 0.2) is 0 Å². The number of esters is 1. The molecule has 0 fully saturated rings. The molecule has 0 radical (unpaired) electrons. The molecule has 0 saturated carbocycles. The van der Waals surface area contributed by atoms with Gasteiger partial charge in [-0.15, -0.1) is 0 Å². The molecule has 0 bridgehead atoms. The third kappa shape index (κ3) is 4.41. The van der Waals surface area contributed by atoms with Crippen molar-refractivity contribution >= 4 is 12.0 Å². The van der Waals surface area contributed by atoms with Crippen LogP contribution in [0, 0.1) is 11.8 Å². The van der Waals surface area contributed by atoms with E-state index in [1.54, 1.807) is 14.0 Å². The van der Waals surface area contributed by atoms with Crippen LogP contribution < -0.4 is 10.1 Å². The summed E-state index contributed by atoms with van der Waals surface area (Å²) in [6.07, 6.45) is 0. The average Bonchev–Trinajstić information content (AvgIpc) is 2.76. The van der Waals surface area contributed by atoms with Gasteiger partial charge in [0.1, 0.15) is 5.75 Å². The number of rotatable bonds is 4. The van der Waals surface area contributed by atoms with Crippen molar-refractivity contribution in [3.05, 3.63) is 77.0 Å². The molecule has 0 aromatic heterocycles. The minimum absolute atomic E-state index is 0.145. The van der Waals surface area contributed by atoms with Crippen molar-refractivity contribution in [1.82, 2.24) is 10.2 Å². The molecule has 2 aromatic rings. The molecule has 2 aromatic carbocycles. The summed E-state index contributed by atoms with van der Waals surface area (Å²) in [5.41, 5.74) is 2.54. The van der Waals surface area contributed by atoms with E-state index in [-0.39, 0.29) is 12.6 Å². The van der Waals surface area contributed by atoms with E-state index in [0.717, 1.165) is 16.9 Å². The van der Waals surface area contributed by atoms with Crippen LogP contribution in [-0.2, 0) is 9.53 Å². The van der Waals surface area contributed by atoms with Gasteiger partial charge in [0.25, 0.3) is 0 Å². The number of nitrogens with one attached hydrogen (secondary N) is 1. The summed E-state index contributed by atoms with van der Waals surface area (Å²) in [7, 11) is 2.93. The van der Waals surface area contributed by atoms with Gasteiger partial charge in [-0.1, -0.05) is 42.2 Å². The minimum atomic E-state index is -0.568. The normalized spacial score (nSPS) is 15.9. The number of benzene rings is 2. The summed E-state index contributed by atoms with van der Waals surface area (Å²) < 4.78 is 10.1. The van der Waals surface area contributed by atoms with Gasteiger partial charge in [-0.05, 0) is 36.8 Å². The van der Waals surface area contributed by atoms with Crippen LogP contribution in [0.3, 0.4) is 0 Å². The predicted molar refractivity (Wildman–Crippen MR) is 109 cm³/mol. The Morgan fingerprint density at radius 1 is 1.10 bits per heavy atom. The molecule has 0 saturated heterocycles. The highest BCUT2D eigenvalue weighted by Gasteiger charge is 2.35. The summed E-state index contributed by atoms with van der Waals surface area (Å²) in [6.45, 7) is 1.88. The smallest absolute Gasteiger partial charge is 0.337 e. The Balaban J connectivity index is 1.88. The number of nitrogens with zero attached hydrogens (tertiary/aromatic N) is 1. The first-order chi connectivity index (χ1) is 14.0. The molecule has 1 atom stereocenters. The lowest BCUT2D eigenvalue weighted by molar-refractivity contribution is -0.136. The van der Waals surface area contributed by atoms with E-state index in [9.17, 15) is 9.59 Å². The number of urea groups is 1. The second kappa shape index (κ2) is 8.98. The second-order valence-corrected chi connectivity index (χ2v) is 6.40. The van der Waals surface area contributed by atoms with E-state index < -0.39 is 12.0 Å². The number of ether oxygens (including phenoxy) is 2. The minimum Gasteiger partial charge on any atom is -0.497 e. The van der Waals surface area contributed by atoms with Crippen molar-refractivity contribution < 1.29 is 19.1 Å². The molecule has 29 heavy (non-hydrogen) atoms. The Morgan fingerprint density at radius 2 is 1.79 bits per heavy atom. The first-order valence-corrected chi connectivity index (χ1v) is 9.10. The molecule has 148 valence electrons. The first kappa shape index (κ1) is 20.0. The zero-order chi connectivity index (χ0) is 20.8. The van der Waals surface area contributed by atoms with Crippen molar-refractivity contribution in [3.8, 4) is 17.6 Å². The Bertz CT molecular complexity index is 985. The maximum absolute atomic E-state index is 12.7. The number of carbonyl (C=O) groups is 2. The number of amides is 2. The molecule has 1 aliphatic heterocycles. The maximum Gasteiger partial charge on any atom is 0.337 e. The SMILES string of the molecule is COC(=O)C1=C(C)N(CC#Cc2ccc(OC)cc2)C(=O)NC1c1ccccc1. The average molecular weight is 390 g/mol. The standard InChI is InChI=1S/C23H22N2O4/c1-16-20(22(26)29-3)21(18-9-5-4-6-10-18)24-23(27)25(16)15-7-8-17-11-13-19(28-2)14-12-17/h4-6,9-14,21H,15H2,1-3H3,(H,24,27). The summed E-state index contributed by atoms with van der Waals surface area (Å²) in [5, 5.41) is 2.89. The Labute approximate surface area is 170 Å². The van der Waals surface area contributed by atoms with E-state index in [2.05, 4.69) is 17.2 Å². The predicted octanol–water partition coefficient (Wildman–Crippen LogP) is 3.26. The van der Waals surface area contributed by atoms with Gasteiger partial charge in [-0.25, -0.2) is 9.59 Å². The molecule has 2 amide bonds. The van der Waals surface area contributed by atoms with Crippen LogP contribution in [0.5, 0.6) is 5.75 Å². The molecular formula is C23H22N2O4. The monoisotopic (exact) mass is 390 g/mol. The molecule has 1 N–H and O–H groups in total. The third-order valence-electron chi connectivity index (χ3n) is 4.69. The largest absolute Gasteiger partial charge is 0.497 e. The van der Waals surface area contributed by atoms with Crippen LogP contribution in [0.1, 0.15) is 24.1 Å². The first-order valence-electron chi connectivity index (χ1n) is 9.10. The van der Waals surface area contributed by atoms with Crippen LogP contribution in [-0.4, -0.2) is 37.7 Å². The van der Waals surface area contributed by atoms with Crippen molar-refractivity contribution in [2.24, 2.45) is 0 Å². The van der Waals surface area contributed by atoms with Crippen molar-refractivity contribution in [1.29, 1.82) is 0 Å². The molecule has 1 aliphatic rings. The fraction of sp³-hybridized carbons (Fsp3) is 0.217. The number of carbonyl (C=O) groups excluding carboxylic acids is 2. The topological polar surface area (TPSA) is 67.9 Å². The third-order valence-corrected chi connectivity index (χ3v) is 4.69. The van der Waals surface area contributed by atoms with Gasteiger partial charge in [-0.3, -0.25) is 4.90 Å². The van der Waals surface area contributed by atoms with E-state index in [4.69, 9.17) is 9.47 Å². The van der Waals surface area contributed by atoms with Crippen LogP contribution in [0.4, 0.5) is 4.79 Å². The molecular weight excluding hydrogens is 368 g/mol. The number of allylic oxidation sites excluding steroid dienone is 1. The Kier molecular flexibility index (Phi) is 6.20. The zero-order valence-corrected chi connectivity index (χ0v) is 16.6. The van der Waals surface area contributed by atoms with Crippen molar-refractivity contribution in [3.63, 3.8) is 0 Å². The van der Waals surface area contributed by atoms with E-state index in [1.807, 2.05) is 54.6 Å². The van der Waals surface area contributed by atoms with Crippen LogP contribution in [0.15, 0.2) is 65.9 Å². The molecule has 0 spiro atoms. The second-order valence-electron chi connectivity index (χ2n) is 6.40. The van der Waals surface area contributed by atoms with Crippen molar-refractivity contribution in [2.45, 2.75) is 13.0 Å². The highest BCUT2D eigenvalue weighted by Crippen LogP contribution is 2.30. The highest BCUT2D eigenvalue weighted by molar-refractivity contribution is 5.95. The van der Waals surface area contributed by atoms with E-state index in [0.29, 0.717) is 11.3 Å². The molecule has 6 heteroatoms. The van der Waals surface area contributed by atoms with Gasteiger partial charge < -0.3 is 14.8 Å². The zero-order valence-electron chi connectivity index (χ0n) is 16.6. The number of methoxy groups -OCH3 is 2. The quantitative estimate of drug-likeness (QED) is 0.643. The van der Waals surface area contributed by atoms with Gasteiger partial charge >= 0.3 is 12.0 Å². The maximum atomic E-state index is 12.7. The van der Waals surface area contributed by atoms with Gasteiger partial charge in [-0.2, -0.15) is 0 Å². The summed E-state index contributed by atoms with van der Waals surface area (Å²) >= 11 is 0. The fourth-order valence-corrected chi connectivity index (χ4v) is 3.14. The number of hydrogen-bond donors (Lipinski definition) is 1. The summed E-state index contributed by atoms with van der Waals surface area (Å²) in [4.78, 5) is 26.6. The lowest BCUT2D eigenvalue weighted by Crippen LogP contribution is -2.48. The summed E-state index contributed by atoms with van der Waals surface area (Å²) in [5.74, 6) is 6.28. The molecule has 1 heterocycles. The van der Waals surface area contributed by atoms with Gasteiger partial charge in [0, 0.05) is 11.3 Å². The Morgan fingerprint density at radius 3 is 2.41 bits per heavy atom. The van der Waals surface area contributed by atoms with Crippen LogP contribution in [0.25, 0.3) is 0 Å². The van der Waals surface area contributed by atoms with Crippen molar-refractivity contribution in [2.75, 3.05) is 20.8 Å². The van der Waals surface area contributed by atoms with Gasteiger partial charge in [0.2, 0.25) is 0 Å². The molecule has 6 nitrogen and oxygen atoms in total. The molecule has 1 unspecified atom stereocenters. The van der Waals surface area contributed by atoms with Crippen LogP contribution >= 0.6 is 0 Å². The van der Waals surface area contributed by atoms with E-state index in [1.165, 1.54) is 12.0 Å². The fourth-order valence-electron chi connectivity index (χ4n) is 3.14. The molecule has 0 aliphatic carbocycles. The lowest BCUT2D eigenvalue weighted by atomic mass is 9.95. The lowest BCUT2D eigenvalue weighted by Gasteiger charge is -2.34. The van der Waals surface area contributed by atoms with Crippen LogP contribution in [0.2, 0.25) is 0 Å². The van der Waals surface area contributed by atoms with Gasteiger partial charge in [0.05, 0.1) is 32.4 Å². The van der Waals surface area contributed by atoms with E-state index >= 15 is 0 Å². The molecule has 3 rings (SSSR count). The summed E-state index contributed by atoms with van der Waals surface area (Å²) in [6, 6.07) is 15.8. The highest BCUT2D eigenvalue weighted by atomic mass is 16.5.